The molecule has 156 valence electrons. The summed E-state index contributed by atoms with van der Waals surface area (Å²) < 4.78 is 0. The zero-order chi connectivity index (χ0) is 21.8. The third kappa shape index (κ3) is 5.50. The standard InChI is InChI=1S/C28H28N2S/c1-19-13-20(2)16-23(15-19)29-25-9-5-7-11-27(25)31-28-12-8-6-10-26(28)30-24-17-21(3)14-22(4)18-24/h5-18,29-30H,1-4H3. The van der Waals surface area contributed by atoms with Crippen molar-refractivity contribution in [2.45, 2.75) is 37.5 Å². The van der Waals surface area contributed by atoms with Crippen LogP contribution in [0.1, 0.15) is 22.3 Å². The molecule has 3 heteroatoms. The third-order valence-electron chi connectivity index (χ3n) is 5.00. The van der Waals surface area contributed by atoms with E-state index in [0.717, 1.165) is 22.7 Å². The predicted molar refractivity (Wildman–Crippen MR) is 135 cm³/mol. The lowest BCUT2D eigenvalue weighted by molar-refractivity contribution is 1.34. The fraction of sp³-hybridized carbons (Fsp3) is 0.143. The molecule has 0 aliphatic rings. The van der Waals surface area contributed by atoms with Crippen molar-refractivity contribution in [1.82, 2.24) is 0 Å². The molecule has 0 heterocycles. The van der Waals surface area contributed by atoms with Gasteiger partial charge in [0.1, 0.15) is 0 Å². The summed E-state index contributed by atoms with van der Waals surface area (Å²) in [7, 11) is 0. The van der Waals surface area contributed by atoms with Crippen molar-refractivity contribution in [3.63, 3.8) is 0 Å². The van der Waals surface area contributed by atoms with E-state index in [1.807, 2.05) is 0 Å². The molecule has 0 fully saturated rings. The highest BCUT2D eigenvalue weighted by Gasteiger charge is 2.09. The van der Waals surface area contributed by atoms with Crippen LogP contribution in [-0.4, -0.2) is 0 Å². The maximum absolute atomic E-state index is 3.62. The van der Waals surface area contributed by atoms with E-state index in [-0.39, 0.29) is 0 Å². The smallest absolute Gasteiger partial charge is 0.0526 e. The van der Waals surface area contributed by atoms with Crippen molar-refractivity contribution in [2.24, 2.45) is 0 Å². The summed E-state index contributed by atoms with van der Waals surface area (Å²) in [5, 5.41) is 7.23. The van der Waals surface area contributed by atoms with Gasteiger partial charge in [0.05, 0.1) is 11.4 Å². The largest absolute Gasteiger partial charge is 0.355 e. The minimum atomic E-state index is 1.11. The normalized spacial score (nSPS) is 10.7. The molecule has 0 spiro atoms. The second-order valence-electron chi connectivity index (χ2n) is 8.10. The summed E-state index contributed by atoms with van der Waals surface area (Å²) in [6, 6.07) is 30.1. The van der Waals surface area contributed by atoms with Crippen LogP contribution in [0.15, 0.2) is 94.7 Å². The van der Waals surface area contributed by atoms with Gasteiger partial charge in [0.15, 0.2) is 0 Å². The molecule has 4 aromatic rings. The molecule has 4 aromatic carbocycles. The number of benzene rings is 4. The first-order valence-electron chi connectivity index (χ1n) is 10.5. The Kier molecular flexibility index (Phi) is 6.34. The SMILES string of the molecule is Cc1cc(C)cc(Nc2ccccc2Sc2ccccc2Nc2cc(C)cc(C)c2)c1. The van der Waals surface area contributed by atoms with Gasteiger partial charge in [0.25, 0.3) is 0 Å². The Labute approximate surface area is 189 Å². The summed E-state index contributed by atoms with van der Waals surface area (Å²) in [6.45, 7) is 8.53. The number of hydrogen-bond donors (Lipinski definition) is 2. The van der Waals surface area contributed by atoms with E-state index in [1.54, 1.807) is 11.8 Å². The Morgan fingerprint density at radius 3 is 1.23 bits per heavy atom. The fourth-order valence-electron chi connectivity index (χ4n) is 3.84. The van der Waals surface area contributed by atoms with Gasteiger partial charge in [0, 0.05) is 21.2 Å². The van der Waals surface area contributed by atoms with Crippen LogP contribution in [0.4, 0.5) is 22.7 Å². The number of rotatable bonds is 6. The van der Waals surface area contributed by atoms with E-state index in [0.29, 0.717) is 0 Å². The highest BCUT2D eigenvalue weighted by Crippen LogP contribution is 2.39. The molecule has 4 rings (SSSR count). The van der Waals surface area contributed by atoms with E-state index in [2.05, 4.69) is 123 Å². The monoisotopic (exact) mass is 424 g/mol. The lowest BCUT2D eigenvalue weighted by atomic mass is 10.1. The molecule has 2 nitrogen and oxygen atoms in total. The number of nitrogens with one attached hydrogen (secondary N) is 2. The van der Waals surface area contributed by atoms with Gasteiger partial charge in [-0.05, 0) is 98.5 Å². The highest BCUT2D eigenvalue weighted by molar-refractivity contribution is 7.99. The molecule has 0 bridgehead atoms. The van der Waals surface area contributed by atoms with Gasteiger partial charge in [-0.25, -0.2) is 0 Å². The maximum Gasteiger partial charge on any atom is 0.0526 e. The topological polar surface area (TPSA) is 24.1 Å². The molecule has 2 N–H and O–H groups in total. The molecule has 0 unspecified atom stereocenters. The average Bonchev–Trinajstić information content (AvgIpc) is 2.69. The van der Waals surface area contributed by atoms with Crippen LogP contribution in [0.5, 0.6) is 0 Å². The minimum absolute atomic E-state index is 1.11. The van der Waals surface area contributed by atoms with Gasteiger partial charge in [0.2, 0.25) is 0 Å². The molecule has 0 saturated heterocycles. The molecule has 31 heavy (non-hydrogen) atoms. The van der Waals surface area contributed by atoms with E-state index >= 15 is 0 Å². The first-order valence-corrected chi connectivity index (χ1v) is 11.3. The Morgan fingerprint density at radius 1 is 0.484 bits per heavy atom. The summed E-state index contributed by atoms with van der Waals surface area (Å²) in [4.78, 5) is 2.38. The summed E-state index contributed by atoms with van der Waals surface area (Å²) in [6.07, 6.45) is 0. The molecule has 0 atom stereocenters. The van der Waals surface area contributed by atoms with Crippen LogP contribution < -0.4 is 10.6 Å². The van der Waals surface area contributed by atoms with E-state index in [1.165, 1.54) is 32.0 Å². The van der Waals surface area contributed by atoms with Crippen LogP contribution >= 0.6 is 11.8 Å². The highest BCUT2D eigenvalue weighted by atomic mass is 32.2. The van der Waals surface area contributed by atoms with Crippen molar-refractivity contribution < 1.29 is 0 Å². The second-order valence-corrected chi connectivity index (χ2v) is 9.18. The minimum Gasteiger partial charge on any atom is -0.355 e. The van der Waals surface area contributed by atoms with Gasteiger partial charge in [-0.15, -0.1) is 0 Å². The first-order chi connectivity index (χ1) is 15.0. The van der Waals surface area contributed by atoms with Crippen molar-refractivity contribution in [1.29, 1.82) is 0 Å². The Balaban J connectivity index is 1.62. The predicted octanol–water partition coefficient (Wildman–Crippen LogP) is 8.56. The molecular weight excluding hydrogens is 396 g/mol. The Morgan fingerprint density at radius 2 is 0.839 bits per heavy atom. The Hall–Kier alpha value is -3.17. The number of aryl methyl sites for hydroxylation is 4. The van der Waals surface area contributed by atoms with Crippen LogP contribution in [-0.2, 0) is 0 Å². The van der Waals surface area contributed by atoms with Gasteiger partial charge in [-0.3, -0.25) is 0 Å². The van der Waals surface area contributed by atoms with Crippen molar-refractivity contribution in [3.05, 3.63) is 107 Å². The molecule has 0 saturated carbocycles. The van der Waals surface area contributed by atoms with Crippen molar-refractivity contribution in [2.75, 3.05) is 10.6 Å². The van der Waals surface area contributed by atoms with Crippen LogP contribution in [0, 0.1) is 27.7 Å². The van der Waals surface area contributed by atoms with Crippen LogP contribution in [0.25, 0.3) is 0 Å². The van der Waals surface area contributed by atoms with Crippen molar-refractivity contribution in [3.8, 4) is 0 Å². The van der Waals surface area contributed by atoms with Gasteiger partial charge < -0.3 is 10.6 Å². The molecule has 0 aromatic heterocycles. The van der Waals surface area contributed by atoms with Gasteiger partial charge >= 0.3 is 0 Å². The fourth-order valence-corrected chi connectivity index (χ4v) is 4.83. The van der Waals surface area contributed by atoms with Crippen molar-refractivity contribution >= 4 is 34.5 Å². The molecular formula is C28H28N2S. The lowest BCUT2D eigenvalue weighted by Gasteiger charge is -2.16. The lowest BCUT2D eigenvalue weighted by Crippen LogP contribution is -1.95. The summed E-state index contributed by atoms with van der Waals surface area (Å²) in [5.74, 6) is 0. The zero-order valence-electron chi connectivity index (χ0n) is 18.5. The second kappa shape index (κ2) is 9.32. The number of hydrogen-bond acceptors (Lipinski definition) is 3. The third-order valence-corrected chi connectivity index (χ3v) is 6.15. The van der Waals surface area contributed by atoms with Crippen LogP contribution in [0.2, 0.25) is 0 Å². The summed E-state index contributed by atoms with van der Waals surface area (Å²) >= 11 is 1.77. The summed E-state index contributed by atoms with van der Waals surface area (Å²) in [5.41, 5.74) is 9.49. The average molecular weight is 425 g/mol. The van der Waals surface area contributed by atoms with E-state index < -0.39 is 0 Å². The number of para-hydroxylation sites is 2. The molecule has 0 amide bonds. The van der Waals surface area contributed by atoms with Gasteiger partial charge in [-0.1, -0.05) is 48.2 Å². The number of anilines is 4. The van der Waals surface area contributed by atoms with Gasteiger partial charge in [-0.2, -0.15) is 0 Å². The van der Waals surface area contributed by atoms with E-state index in [4.69, 9.17) is 0 Å². The van der Waals surface area contributed by atoms with Crippen LogP contribution in [0.3, 0.4) is 0 Å². The molecule has 0 aliphatic heterocycles. The maximum atomic E-state index is 3.62. The quantitative estimate of drug-likeness (QED) is 0.324. The molecule has 0 aliphatic carbocycles. The zero-order valence-corrected chi connectivity index (χ0v) is 19.3. The Bertz CT molecular complexity index is 1080. The molecule has 0 radical (unpaired) electrons. The first kappa shape index (κ1) is 21.1. The van der Waals surface area contributed by atoms with E-state index in [9.17, 15) is 0 Å².